The topological polar surface area (TPSA) is 297 Å². The summed E-state index contributed by atoms with van der Waals surface area (Å²) in [5, 5.41) is 20.4. The number of hydrogen-bond acceptors (Lipinski definition) is 8. The fraction of sp³-hybridized carbons (Fsp3) is 0. The van der Waals surface area contributed by atoms with Crippen molar-refractivity contribution in [2.75, 3.05) is 0 Å². The van der Waals surface area contributed by atoms with E-state index in [1.54, 1.807) is 0 Å². The van der Waals surface area contributed by atoms with Crippen molar-refractivity contribution in [1.29, 1.82) is 0 Å². The van der Waals surface area contributed by atoms with E-state index in [4.69, 9.17) is 0 Å². The first kappa shape index (κ1) is 27.2. The number of aromatic amines is 2. The zero-order valence-electron chi connectivity index (χ0n) is 12.3. The molecule has 132 valence electrons. The van der Waals surface area contributed by atoms with E-state index in [-0.39, 0.29) is 83.0 Å². The maximum atomic E-state index is 10.8. The molecule has 17 heteroatoms. The van der Waals surface area contributed by atoms with Gasteiger partial charge in [0.2, 0.25) is 0 Å². The van der Waals surface area contributed by atoms with Crippen molar-refractivity contribution < 1.29 is 49.6 Å². The Kier molecular flexibility index (Phi) is 12.8. The van der Waals surface area contributed by atoms with E-state index < -0.39 is 0 Å². The van der Waals surface area contributed by atoms with E-state index in [2.05, 4.69) is 50.8 Å². The third-order valence-electron chi connectivity index (χ3n) is 2.19. The van der Waals surface area contributed by atoms with Crippen LogP contribution in [0.1, 0.15) is 0 Å². The third kappa shape index (κ3) is 5.72. The van der Waals surface area contributed by atoms with Crippen molar-refractivity contribution in [3.63, 3.8) is 0 Å². The van der Waals surface area contributed by atoms with Gasteiger partial charge in [-0.05, 0) is 0 Å². The van der Waals surface area contributed by atoms with Crippen LogP contribution in [0.5, 0.6) is 0 Å². The van der Waals surface area contributed by atoms with Gasteiger partial charge < -0.3 is 41.8 Å². The molecule has 4 rings (SSSR count). The molecule has 0 aromatic carbocycles. The molecule has 0 radical (unpaired) electrons. The molecular formula is C8H12HgN10O6. The van der Waals surface area contributed by atoms with E-state index in [1.165, 1.54) is 12.7 Å². The standard InChI is InChI=1S/2C4H3N5O.Hg.4H2O/c2*10-4-2-3(5-1-6-4)8-9-7-2;;;;;/h2*1H,(H2,5,6,7,8,9,10);;4*1H2/q;;+2;;;;/p-2. The molecule has 0 fully saturated rings. The van der Waals surface area contributed by atoms with Gasteiger partial charge in [0, 0.05) is 23.9 Å². The van der Waals surface area contributed by atoms with E-state index in [9.17, 15) is 9.59 Å². The van der Waals surface area contributed by atoms with Crippen LogP contribution in [0, 0.1) is 0 Å². The summed E-state index contributed by atoms with van der Waals surface area (Å²) < 4.78 is 0. The fourth-order valence-corrected chi connectivity index (χ4v) is 1.31. The number of nitrogens with one attached hydrogen (secondary N) is 2. The molecule has 4 heterocycles. The molecule has 0 saturated carbocycles. The summed E-state index contributed by atoms with van der Waals surface area (Å²) >= 11 is 0. The van der Waals surface area contributed by atoms with Crippen LogP contribution in [0.4, 0.5) is 0 Å². The molecule has 0 atom stereocenters. The Balaban J connectivity index is -0.000000323. The second-order valence-electron chi connectivity index (χ2n) is 3.39. The van der Waals surface area contributed by atoms with Gasteiger partial charge in [-0.15, -0.1) is 0 Å². The largest absolute Gasteiger partial charge is 2.00 e. The van der Waals surface area contributed by atoms with Gasteiger partial charge in [-0.2, -0.15) is 10.4 Å². The maximum Gasteiger partial charge on any atom is 2.00 e. The van der Waals surface area contributed by atoms with Crippen molar-refractivity contribution in [2.24, 2.45) is 0 Å². The molecule has 0 aliphatic carbocycles. The van der Waals surface area contributed by atoms with E-state index in [0.717, 1.165) is 0 Å². The molecule has 0 saturated heterocycles. The first-order valence-corrected chi connectivity index (χ1v) is 5.14. The van der Waals surface area contributed by atoms with Crippen molar-refractivity contribution >= 4 is 22.3 Å². The fourth-order valence-electron chi connectivity index (χ4n) is 1.31. The van der Waals surface area contributed by atoms with Crippen LogP contribution in [0.3, 0.4) is 0 Å². The Morgan fingerprint density at radius 1 is 0.720 bits per heavy atom. The average Bonchev–Trinajstić information content (AvgIpc) is 3.08. The van der Waals surface area contributed by atoms with Gasteiger partial charge in [0.15, 0.2) is 0 Å². The molecular weight excluding hydrogens is 533 g/mol. The Morgan fingerprint density at radius 2 is 1.08 bits per heavy atom. The van der Waals surface area contributed by atoms with Gasteiger partial charge in [-0.1, -0.05) is 0 Å². The summed E-state index contributed by atoms with van der Waals surface area (Å²) in [4.78, 5) is 33.7. The minimum Gasteiger partial charge on any atom is -0.412 e. The number of rotatable bonds is 0. The molecule has 10 N–H and O–H groups in total. The van der Waals surface area contributed by atoms with E-state index in [1.807, 2.05) is 0 Å². The summed E-state index contributed by atoms with van der Waals surface area (Å²) in [7, 11) is 0. The van der Waals surface area contributed by atoms with Crippen molar-refractivity contribution in [3.8, 4) is 0 Å². The Labute approximate surface area is 156 Å². The molecule has 4 aromatic rings. The Morgan fingerprint density at radius 3 is 1.40 bits per heavy atom. The molecule has 25 heavy (non-hydrogen) atoms. The van der Waals surface area contributed by atoms with Crippen LogP contribution >= 0.6 is 0 Å². The quantitative estimate of drug-likeness (QED) is 0.197. The van der Waals surface area contributed by atoms with Crippen molar-refractivity contribution in [2.45, 2.75) is 0 Å². The zero-order valence-corrected chi connectivity index (χ0v) is 17.8. The minimum absolute atomic E-state index is 0. The number of fused-ring (bicyclic) bond motifs is 2. The monoisotopic (exact) mass is 546 g/mol. The molecule has 0 unspecified atom stereocenters. The van der Waals surface area contributed by atoms with Gasteiger partial charge in [-0.25, -0.2) is 0 Å². The Hall–Kier alpha value is -2.66. The normalized spacial score (nSPS) is 8.32. The molecule has 0 bridgehead atoms. The smallest absolute Gasteiger partial charge is 0.412 e. The minimum atomic E-state index is -0.310. The van der Waals surface area contributed by atoms with Gasteiger partial charge in [0.1, 0.15) is 0 Å². The molecule has 16 nitrogen and oxygen atoms in total. The van der Waals surface area contributed by atoms with Gasteiger partial charge in [0.25, 0.3) is 11.1 Å². The summed E-state index contributed by atoms with van der Waals surface area (Å²) in [6.45, 7) is 0. The van der Waals surface area contributed by atoms with Crippen molar-refractivity contribution in [3.05, 3.63) is 33.4 Å². The average molecular weight is 545 g/mol. The van der Waals surface area contributed by atoms with Crippen LogP contribution in [0.15, 0.2) is 22.2 Å². The first-order chi connectivity index (χ1) is 9.75. The maximum absolute atomic E-state index is 10.8. The number of aromatic nitrogens is 10. The van der Waals surface area contributed by atoms with E-state index >= 15 is 0 Å². The van der Waals surface area contributed by atoms with Crippen LogP contribution < -0.4 is 21.3 Å². The second kappa shape index (κ2) is 11.8. The van der Waals surface area contributed by atoms with Crippen LogP contribution in [0.2, 0.25) is 0 Å². The van der Waals surface area contributed by atoms with Crippen molar-refractivity contribution in [1.82, 2.24) is 50.8 Å². The molecule has 0 aliphatic heterocycles. The Bertz CT molecular complexity index is 898. The van der Waals surface area contributed by atoms with E-state index in [0.29, 0.717) is 0 Å². The van der Waals surface area contributed by atoms with Crippen LogP contribution in [-0.2, 0) is 27.7 Å². The predicted molar refractivity (Wildman–Crippen MR) is 77.0 cm³/mol. The van der Waals surface area contributed by atoms with Crippen LogP contribution in [-0.4, -0.2) is 62.5 Å². The van der Waals surface area contributed by atoms with Gasteiger partial charge >= 0.3 is 27.7 Å². The number of H-pyrrole nitrogens is 2. The number of hydrogen-bond donors (Lipinski definition) is 2. The summed E-state index contributed by atoms with van der Waals surface area (Å²) in [6, 6.07) is 0. The molecule has 0 amide bonds. The zero-order chi connectivity index (χ0) is 13.9. The second-order valence-corrected chi connectivity index (χ2v) is 3.39. The molecule has 0 spiro atoms. The third-order valence-corrected chi connectivity index (χ3v) is 2.19. The summed E-state index contributed by atoms with van der Waals surface area (Å²) in [6.07, 6.45) is 2.53. The molecule has 4 aromatic heterocycles. The van der Waals surface area contributed by atoms with Crippen LogP contribution in [0.25, 0.3) is 22.3 Å². The molecule has 0 aliphatic rings. The summed E-state index contributed by atoms with van der Waals surface area (Å²) in [5.74, 6) is 0. The van der Waals surface area contributed by atoms with Gasteiger partial charge in [-0.3, -0.25) is 30.0 Å². The SMILES string of the molecule is O.O.O.O.O=c1[nH]cnc2[n-]nnc12.O=c1[nH]cnc2[n-]nnc12.[Hg+2]. The predicted octanol–water partition coefficient (Wildman–Crippen LogP) is -5.96. The summed E-state index contributed by atoms with van der Waals surface area (Å²) in [5.41, 5.74) is 0.308. The first-order valence-electron chi connectivity index (χ1n) is 5.14. The van der Waals surface area contributed by atoms with Gasteiger partial charge in [0.05, 0.1) is 11.0 Å². The number of nitrogens with zero attached hydrogens (tertiary/aromatic N) is 8.